The van der Waals surface area contributed by atoms with Crippen molar-refractivity contribution in [2.24, 2.45) is 5.92 Å². The number of hydrogen-bond donors (Lipinski definition) is 1. The predicted octanol–water partition coefficient (Wildman–Crippen LogP) is 5.14. The molecule has 1 nitrogen and oxygen atoms in total. The summed E-state index contributed by atoms with van der Waals surface area (Å²) < 4.78 is 13.7. The van der Waals surface area contributed by atoms with E-state index >= 15 is 0 Å². The lowest BCUT2D eigenvalue weighted by Gasteiger charge is -2.27. The van der Waals surface area contributed by atoms with Crippen LogP contribution in [0.25, 0.3) is 0 Å². The summed E-state index contributed by atoms with van der Waals surface area (Å²) in [7, 11) is 0. The van der Waals surface area contributed by atoms with Gasteiger partial charge in [-0.25, -0.2) is 4.39 Å². The molecule has 0 radical (unpaired) electrons. The van der Waals surface area contributed by atoms with E-state index in [4.69, 9.17) is 0 Å². The van der Waals surface area contributed by atoms with E-state index in [2.05, 4.69) is 19.2 Å². The second kappa shape index (κ2) is 7.21. The van der Waals surface area contributed by atoms with Gasteiger partial charge in [0.25, 0.3) is 0 Å². The molecule has 0 heterocycles. The lowest BCUT2D eigenvalue weighted by molar-refractivity contribution is 0.316. The maximum atomic E-state index is 13.7. The van der Waals surface area contributed by atoms with E-state index in [9.17, 15) is 4.39 Å². The summed E-state index contributed by atoms with van der Waals surface area (Å²) in [6.07, 6.45) is 8.19. The van der Waals surface area contributed by atoms with Gasteiger partial charge in [-0.3, -0.25) is 0 Å². The Morgan fingerprint density at radius 1 is 1.10 bits per heavy atom. The maximum absolute atomic E-state index is 13.7. The average Bonchev–Trinajstić information content (AvgIpc) is 2.70. The molecule has 1 aromatic rings. The standard InChI is InChI=1S/C18H28FN/c1-13-10-11-17(12-18(13)19)15(3)20-14(2)16-8-6-4-5-7-9-16/h10-12,14-16,20H,4-9H2,1-3H3/t14-,15?/m1/s1. The highest BCUT2D eigenvalue weighted by Crippen LogP contribution is 2.27. The van der Waals surface area contributed by atoms with Gasteiger partial charge >= 0.3 is 0 Å². The Hall–Kier alpha value is -0.890. The molecule has 1 aliphatic carbocycles. The maximum Gasteiger partial charge on any atom is 0.126 e. The Kier molecular flexibility index (Phi) is 5.59. The molecule has 1 aliphatic rings. The lowest BCUT2D eigenvalue weighted by atomic mass is 9.92. The van der Waals surface area contributed by atoms with Crippen molar-refractivity contribution in [1.82, 2.24) is 5.32 Å². The first-order valence-electron chi connectivity index (χ1n) is 8.10. The molecule has 0 saturated heterocycles. The Morgan fingerprint density at radius 3 is 2.35 bits per heavy atom. The lowest BCUT2D eigenvalue weighted by Crippen LogP contribution is -2.35. The molecule has 0 amide bonds. The Bertz CT molecular complexity index is 421. The van der Waals surface area contributed by atoms with E-state index in [0.29, 0.717) is 6.04 Å². The summed E-state index contributed by atoms with van der Waals surface area (Å²) in [5.41, 5.74) is 1.77. The summed E-state index contributed by atoms with van der Waals surface area (Å²) in [6, 6.07) is 6.30. The minimum atomic E-state index is -0.0988. The molecular formula is C18H28FN. The molecule has 112 valence electrons. The van der Waals surface area contributed by atoms with Gasteiger partial charge in [-0.05, 0) is 56.7 Å². The van der Waals surface area contributed by atoms with Crippen LogP contribution in [0.2, 0.25) is 0 Å². The highest BCUT2D eigenvalue weighted by atomic mass is 19.1. The highest BCUT2D eigenvalue weighted by molar-refractivity contribution is 5.25. The van der Waals surface area contributed by atoms with Crippen LogP contribution in [0.5, 0.6) is 0 Å². The molecule has 2 heteroatoms. The van der Waals surface area contributed by atoms with Crippen LogP contribution in [0.15, 0.2) is 18.2 Å². The smallest absolute Gasteiger partial charge is 0.126 e. The quantitative estimate of drug-likeness (QED) is 0.751. The van der Waals surface area contributed by atoms with Crippen molar-refractivity contribution in [2.75, 3.05) is 0 Å². The molecule has 0 bridgehead atoms. The van der Waals surface area contributed by atoms with E-state index < -0.39 is 0 Å². The monoisotopic (exact) mass is 277 g/mol. The summed E-state index contributed by atoms with van der Waals surface area (Å²) in [4.78, 5) is 0. The van der Waals surface area contributed by atoms with Crippen LogP contribution < -0.4 is 5.32 Å². The van der Waals surface area contributed by atoms with E-state index in [-0.39, 0.29) is 11.9 Å². The second-order valence-corrected chi connectivity index (χ2v) is 6.44. The molecule has 0 aliphatic heterocycles. The molecule has 0 spiro atoms. The van der Waals surface area contributed by atoms with Crippen LogP contribution in [-0.4, -0.2) is 6.04 Å². The molecule has 1 fully saturated rings. The Balaban J connectivity index is 1.95. The fraction of sp³-hybridized carbons (Fsp3) is 0.667. The number of benzene rings is 1. The van der Waals surface area contributed by atoms with Crippen LogP contribution in [0.3, 0.4) is 0 Å². The largest absolute Gasteiger partial charge is 0.307 e. The minimum absolute atomic E-state index is 0.0988. The minimum Gasteiger partial charge on any atom is -0.307 e. The summed E-state index contributed by atoms with van der Waals surface area (Å²) in [5.74, 6) is 0.675. The van der Waals surface area contributed by atoms with Crippen molar-refractivity contribution < 1.29 is 4.39 Å². The third kappa shape index (κ3) is 4.05. The van der Waals surface area contributed by atoms with Gasteiger partial charge in [0.1, 0.15) is 5.82 Å². The summed E-state index contributed by atoms with van der Waals surface area (Å²) in [5, 5.41) is 3.67. The number of nitrogens with one attached hydrogen (secondary N) is 1. The van der Waals surface area contributed by atoms with Crippen LogP contribution in [0, 0.1) is 18.7 Å². The van der Waals surface area contributed by atoms with E-state index in [1.807, 2.05) is 19.1 Å². The average molecular weight is 277 g/mol. The number of aryl methyl sites for hydroxylation is 1. The van der Waals surface area contributed by atoms with Gasteiger partial charge < -0.3 is 5.32 Å². The number of hydrogen-bond acceptors (Lipinski definition) is 1. The van der Waals surface area contributed by atoms with Gasteiger partial charge in [-0.15, -0.1) is 0 Å². The molecule has 0 aromatic heterocycles. The van der Waals surface area contributed by atoms with Crippen molar-refractivity contribution in [2.45, 2.75) is 71.4 Å². The normalized spacial score (nSPS) is 20.4. The van der Waals surface area contributed by atoms with Crippen molar-refractivity contribution in [3.63, 3.8) is 0 Å². The SMILES string of the molecule is Cc1ccc(C(C)N[C@H](C)C2CCCCCC2)cc1F. The molecule has 2 rings (SSSR count). The van der Waals surface area contributed by atoms with E-state index in [1.54, 1.807) is 6.07 Å². The Morgan fingerprint density at radius 2 is 1.75 bits per heavy atom. The third-order valence-electron chi connectivity index (χ3n) is 4.82. The van der Waals surface area contributed by atoms with E-state index in [0.717, 1.165) is 17.0 Å². The summed E-state index contributed by atoms with van der Waals surface area (Å²) in [6.45, 7) is 6.24. The summed E-state index contributed by atoms with van der Waals surface area (Å²) >= 11 is 0. The van der Waals surface area contributed by atoms with Crippen LogP contribution in [0.4, 0.5) is 4.39 Å². The molecule has 1 aromatic carbocycles. The van der Waals surface area contributed by atoms with Crippen molar-refractivity contribution in [3.05, 3.63) is 35.1 Å². The second-order valence-electron chi connectivity index (χ2n) is 6.44. The zero-order valence-corrected chi connectivity index (χ0v) is 13.1. The van der Waals surface area contributed by atoms with Gasteiger partial charge in [0, 0.05) is 12.1 Å². The van der Waals surface area contributed by atoms with Crippen molar-refractivity contribution >= 4 is 0 Å². The molecule has 1 saturated carbocycles. The predicted molar refractivity (Wildman–Crippen MR) is 83.3 cm³/mol. The Labute approximate surface area is 123 Å². The fourth-order valence-corrected chi connectivity index (χ4v) is 3.32. The molecule has 2 atom stereocenters. The number of halogens is 1. The molecule has 1 N–H and O–H groups in total. The third-order valence-corrected chi connectivity index (χ3v) is 4.82. The first-order valence-corrected chi connectivity index (χ1v) is 8.10. The van der Waals surface area contributed by atoms with Gasteiger partial charge in [-0.1, -0.05) is 37.8 Å². The first-order chi connectivity index (χ1) is 9.58. The van der Waals surface area contributed by atoms with Crippen LogP contribution >= 0.6 is 0 Å². The van der Waals surface area contributed by atoms with Crippen molar-refractivity contribution in [1.29, 1.82) is 0 Å². The first kappa shape index (κ1) is 15.5. The van der Waals surface area contributed by atoms with Gasteiger partial charge in [0.05, 0.1) is 0 Å². The fourth-order valence-electron chi connectivity index (χ4n) is 3.32. The topological polar surface area (TPSA) is 12.0 Å². The van der Waals surface area contributed by atoms with Crippen LogP contribution in [-0.2, 0) is 0 Å². The van der Waals surface area contributed by atoms with Gasteiger partial charge in [-0.2, -0.15) is 0 Å². The van der Waals surface area contributed by atoms with Crippen molar-refractivity contribution in [3.8, 4) is 0 Å². The molecular weight excluding hydrogens is 249 g/mol. The van der Waals surface area contributed by atoms with E-state index in [1.165, 1.54) is 38.5 Å². The van der Waals surface area contributed by atoms with Gasteiger partial charge in [0.2, 0.25) is 0 Å². The number of rotatable bonds is 4. The molecule has 20 heavy (non-hydrogen) atoms. The zero-order chi connectivity index (χ0) is 14.5. The molecule has 1 unspecified atom stereocenters. The van der Waals surface area contributed by atoms with Gasteiger partial charge in [0.15, 0.2) is 0 Å². The van der Waals surface area contributed by atoms with Crippen LogP contribution in [0.1, 0.15) is 69.5 Å². The zero-order valence-electron chi connectivity index (χ0n) is 13.1. The highest BCUT2D eigenvalue weighted by Gasteiger charge is 2.20.